The molecule has 0 aliphatic carbocycles. The van der Waals surface area contributed by atoms with Gasteiger partial charge in [0, 0.05) is 80.5 Å². The number of hydrogen-bond donors (Lipinski definition) is 1. The van der Waals surface area contributed by atoms with Gasteiger partial charge in [0.1, 0.15) is 26.8 Å². The number of hydrogen-bond acceptors (Lipinski definition) is 13. The molecule has 318 valence electrons. The fraction of sp³-hybridized carbons (Fsp3) is 0.450. The van der Waals surface area contributed by atoms with Gasteiger partial charge >= 0.3 is 5.97 Å². The number of methoxy groups -OCH3 is 2. The lowest BCUT2D eigenvalue weighted by Gasteiger charge is -2.30. The number of allylic oxidation sites excluding steroid dienone is 8. The Balaban J connectivity index is 1.71. The van der Waals surface area contributed by atoms with Crippen molar-refractivity contribution >= 4 is 53.4 Å². The Morgan fingerprint density at radius 2 is 1.40 bits per heavy atom. The third-order valence-corrected chi connectivity index (χ3v) is 13.1. The van der Waals surface area contributed by atoms with Gasteiger partial charge in [-0.05, 0) is 87.9 Å². The maximum Gasteiger partial charge on any atom is 0.303 e. The van der Waals surface area contributed by atoms with Crippen molar-refractivity contribution in [2.75, 3.05) is 51.2 Å². The van der Waals surface area contributed by atoms with E-state index in [-0.39, 0.29) is 24.2 Å². The summed E-state index contributed by atoms with van der Waals surface area (Å²) in [5.41, 5.74) is 2.30. The van der Waals surface area contributed by atoms with E-state index in [1.165, 1.54) is 30.3 Å². The second-order valence-corrected chi connectivity index (χ2v) is 18.9. The van der Waals surface area contributed by atoms with Crippen molar-refractivity contribution in [2.45, 2.75) is 79.4 Å². The fourth-order valence-corrected chi connectivity index (χ4v) is 9.17. The first-order chi connectivity index (χ1) is 27.2. The summed E-state index contributed by atoms with van der Waals surface area (Å²) >= 11 is 0. The van der Waals surface area contributed by atoms with E-state index in [2.05, 4.69) is 0 Å². The zero-order valence-corrected chi connectivity index (χ0v) is 35.4. The molecular weight excluding hydrogens is 813 g/mol. The van der Waals surface area contributed by atoms with Crippen LogP contribution in [0.3, 0.4) is 0 Å². The molecule has 2 aliphatic heterocycles. The minimum Gasteiger partial charge on any atom is -0.748 e. The molecule has 2 aliphatic rings. The van der Waals surface area contributed by atoms with E-state index in [4.69, 9.17) is 14.6 Å². The number of unbranched alkanes of at least 4 members (excludes halogenated alkanes) is 2. The molecular formula is C40H50N2O13S3-2. The molecule has 1 N–H and O–H groups in total. The molecule has 2 atom stereocenters. The van der Waals surface area contributed by atoms with E-state index >= 15 is 0 Å². The third kappa shape index (κ3) is 11.4. The SMILES string of the molecule is COCCN1/C(=C/C=C/C=C/C=C/C2=[N+](CCCCCC(=O)O)c3ccc(S(=O)(=O)[O-])cc3C2(C)CCCS(=O)(=O)[O-])C(C)(CCOC)c2cc(S(=O)(=O)[O-])ccc21. The van der Waals surface area contributed by atoms with Crippen LogP contribution in [0.4, 0.5) is 11.4 Å². The summed E-state index contributed by atoms with van der Waals surface area (Å²) in [7, 11) is -11.0. The number of ether oxygens (including phenoxy) is 2. The lowest BCUT2D eigenvalue weighted by molar-refractivity contribution is -0.438. The van der Waals surface area contributed by atoms with Crippen LogP contribution < -0.4 is 4.90 Å². The van der Waals surface area contributed by atoms with Crippen LogP contribution >= 0.6 is 0 Å². The minimum absolute atomic E-state index is 0.00532. The summed E-state index contributed by atoms with van der Waals surface area (Å²) in [6, 6.07) is 8.40. The van der Waals surface area contributed by atoms with E-state index in [9.17, 15) is 43.7 Å². The molecule has 18 heteroatoms. The summed E-state index contributed by atoms with van der Waals surface area (Å²) in [4.78, 5) is 12.3. The van der Waals surface area contributed by atoms with Crippen molar-refractivity contribution in [1.29, 1.82) is 0 Å². The van der Waals surface area contributed by atoms with Gasteiger partial charge in [0.2, 0.25) is 5.69 Å². The molecule has 0 saturated carbocycles. The van der Waals surface area contributed by atoms with Crippen molar-refractivity contribution in [3.05, 3.63) is 95.8 Å². The second-order valence-electron chi connectivity index (χ2n) is 14.6. The molecule has 0 saturated heterocycles. The van der Waals surface area contributed by atoms with Gasteiger partial charge < -0.3 is 33.1 Å². The molecule has 0 aromatic heterocycles. The van der Waals surface area contributed by atoms with E-state index in [1.807, 2.05) is 28.6 Å². The molecule has 0 radical (unpaired) electrons. The van der Waals surface area contributed by atoms with E-state index in [0.29, 0.717) is 74.5 Å². The van der Waals surface area contributed by atoms with Crippen LogP contribution in [0.2, 0.25) is 0 Å². The van der Waals surface area contributed by atoms with Crippen LogP contribution in [0, 0.1) is 0 Å². The Hall–Kier alpha value is -4.01. The molecule has 4 rings (SSSR count). The highest BCUT2D eigenvalue weighted by atomic mass is 32.2. The summed E-state index contributed by atoms with van der Waals surface area (Å²) in [6.45, 7) is 5.35. The third-order valence-electron chi connectivity index (χ3n) is 10.6. The molecule has 0 amide bonds. The van der Waals surface area contributed by atoms with Gasteiger partial charge in [-0.2, -0.15) is 4.58 Å². The molecule has 2 unspecified atom stereocenters. The van der Waals surface area contributed by atoms with Crippen molar-refractivity contribution in [1.82, 2.24) is 0 Å². The average Bonchev–Trinajstić information content (AvgIpc) is 3.50. The molecule has 15 nitrogen and oxygen atoms in total. The summed E-state index contributed by atoms with van der Waals surface area (Å²) < 4.78 is 119. The van der Waals surface area contributed by atoms with E-state index < -0.39 is 57.8 Å². The Morgan fingerprint density at radius 1 is 0.776 bits per heavy atom. The lowest BCUT2D eigenvalue weighted by Crippen LogP contribution is -2.32. The van der Waals surface area contributed by atoms with Crippen molar-refractivity contribution in [2.24, 2.45) is 0 Å². The van der Waals surface area contributed by atoms with E-state index in [1.54, 1.807) is 57.6 Å². The molecule has 2 heterocycles. The van der Waals surface area contributed by atoms with Gasteiger partial charge in [-0.1, -0.05) is 30.4 Å². The van der Waals surface area contributed by atoms with Crippen molar-refractivity contribution < 1.29 is 62.9 Å². The Kier molecular flexibility index (Phi) is 15.6. The smallest absolute Gasteiger partial charge is 0.303 e. The van der Waals surface area contributed by atoms with Gasteiger partial charge in [-0.25, -0.2) is 25.3 Å². The quantitative estimate of drug-likeness (QED) is 0.0723. The number of rotatable bonds is 22. The molecule has 0 spiro atoms. The number of anilines is 1. The van der Waals surface area contributed by atoms with Gasteiger partial charge in [0.25, 0.3) is 0 Å². The number of carboxylic acid groups (broad SMARTS) is 1. The topological polar surface area (TPSA) is 234 Å². The number of carbonyl (C=O) groups is 1. The highest BCUT2D eigenvalue weighted by Gasteiger charge is 2.48. The van der Waals surface area contributed by atoms with Crippen LogP contribution in [-0.4, -0.2) is 107 Å². The number of benzene rings is 2. The standard InChI is InChI=1S/C40H52N2O13S3/c1-39(21-13-27-56(45,46)47)32-28-30(57(48,49)50)17-19-34(32)41(23-12-8-11-16-38(43)44)36(39)14-9-6-5-7-10-15-37-40(2,22-25-54-3)33-29-31(58(51,52)53)18-20-35(33)42(37)24-26-55-4/h5-7,9-10,14-15,17-20,28-29H,8,11-13,16,21-27H2,1-4H3,(H3-,43,44,45,46,47,48,49,50,51,52,53)/p-2. The van der Waals surface area contributed by atoms with Crippen LogP contribution in [0.25, 0.3) is 0 Å². The zero-order valence-electron chi connectivity index (χ0n) is 33.0. The Labute approximate surface area is 341 Å². The Bertz CT molecular complexity index is 2330. The maximum absolute atomic E-state index is 12.1. The highest BCUT2D eigenvalue weighted by molar-refractivity contribution is 7.86. The summed E-state index contributed by atoms with van der Waals surface area (Å²) in [6.07, 6.45) is 14.8. The summed E-state index contributed by atoms with van der Waals surface area (Å²) in [5.74, 6) is -1.55. The van der Waals surface area contributed by atoms with Crippen LogP contribution in [0.15, 0.2) is 94.4 Å². The molecule has 2 aromatic rings. The Morgan fingerprint density at radius 3 is 2.02 bits per heavy atom. The second kappa shape index (κ2) is 19.4. The largest absolute Gasteiger partial charge is 0.748 e. The lowest BCUT2D eigenvalue weighted by atomic mass is 9.76. The van der Waals surface area contributed by atoms with E-state index in [0.717, 1.165) is 11.4 Å². The predicted molar refractivity (Wildman–Crippen MR) is 214 cm³/mol. The monoisotopic (exact) mass is 862 g/mol. The molecule has 0 bridgehead atoms. The van der Waals surface area contributed by atoms with Gasteiger partial charge in [0.15, 0.2) is 5.71 Å². The number of fused-ring (bicyclic) bond motifs is 2. The summed E-state index contributed by atoms with van der Waals surface area (Å²) in [5, 5.41) is 9.08. The number of carboxylic acids is 1. The first-order valence-electron chi connectivity index (χ1n) is 18.7. The van der Waals surface area contributed by atoms with Crippen LogP contribution in [0.5, 0.6) is 0 Å². The average molecular weight is 863 g/mol. The van der Waals surface area contributed by atoms with Crippen LogP contribution in [0.1, 0.15) is 69.9 Å². The normalized spacial score (nSPS) is 20.7. The molecule has 2 aromatic carbocycles. The first kappa shape index (κ1) is 46.7. The van der Waals surface area contributed by atoms with Crippen molar-refractivity contribution in [3.63, 3.8) is 0 Å². The molecule has 58 heavy (non-hydrogen) atoms. The maximum atomic E-state index is 12.1. The first-order valence-corrected chi connectivity index (χ1v) is 23.1. The number of nitrogens with zero attached hydrogens (tertiary/aromatic N) is 2. The minimum atomic E-state index is -4.84. The van der Waals surface area contributed by atoms with Gasteiger partial charge in [0.05, 0.1) is 31.9 Å². The highest BCUT2D eigenvalue weighted by Crippen LogP contribution is 2.50. The van der Waals surface area contributed by atoms with Crippen molar-refractivity contribution in [3.8, 4) is 0 Å². The van der Waals surface area contributed by atoms with Gasteiger partial charge in [-0.15, -0.1) is 0 Å². The van der Waals surface area contributed by atoms with Gasteiger partial charge in [-0.3, -0.25) is 4.79 Å². The number of aliphatic carboxylic acids is 1. The zero-order chi connectivity index (χ0) is 42.9. The van der Waals surface area contributed by atoms with Crippen LogP contribution in [-0.2, 0) is 55.5 Å². The predicted octanol–water partition coefficient (Wildman–Crippen LogP) is 4.83. The fourth-order valence-electron chi connectivity index (χ4n) is 7.68. The molecule has 0 fully saturated rings.